The Hall–Kier alpha value is -3.07. The first-order chi connectivity index (χ1) is 15.6. The van der Waals surface area contributed by atoms with Gasteiger partial charge in [-0.15, -0.1) is 12.4 Å². The minimum Gasteiger partial charge on any atom is -0.322 e. The lowest BCUT2D eigenvalue weighted by molar-refractivity contribution is 0.323. The van der Waals surface area contributed by atoms with Crippen LogP contribution in [0.3, 0.4) is 0 Å². The maximum absolute atomic E-state index is 6.81. The summed E-state index contributed by atoms with van der Waals surface area (Å²) in [6.45, 7) is 1.95. The highest BCUT2D eigenvalue weighted by molar-refractivity contribution is 5.85. The Morgan fingerprint density at radius 2 is 1.94 bits per heavy atom. The normalized spacial score (nSPS) is 16.9. The smallest absolute Gasteiger partial charge is 0.159 e. The topological polar surface area (TPSA) is 99.5 Å². The first-order valence-corrected chi connectivity index (χ1v) is 11.0. The van der Waals surface area contributed by atoms with Crippen molar-refractivity contribution in [2.75, 3.05) is 13.1 Å². The molecule has 5 rings (SSSR count). The fraction of sp³-hybridized carbons (Fsp3) is 0.333. The second kappa shape index (κ2) is 9.82. The SMILES string of the molecule is Cl.Cn1cc(-c2cccc(-c3ncc(-c4ccn(C)n4)c(C(N)C4CCCNC4)n3)c2)cn1. The van der Waals surface area contributed by atoms with Gasteiger partial charge in [0.1, 0.15) is 0 Å². The van der Waals surface area contributed by atoms with Crippen LogP contribution in [-0.2, 0) is 14.1 Å². The summed E-state index contributed by atoms with van der Waals surface area (Å²) in [6.07, 6.45) is 9.88. The molecule has 33 heavy (non-hydrogen) atoms. The lowest BCUT2D eigenvalue weighted by Gasteiger charge is -2.28. The quantitative estimate of drug-likeness (QED) is 0.469. The largest absolute Gasteiger partial charge is 0.322 e. The number of halogens is 1. The number of nitrogens with two attached hydrogens (primary N) is 1. The zero-order valence-electron chi connectivity index (χ0n) is 18.8. The van der Waals surface area contributed by atoms with E-state index in [0.29, 0.717) is 11.7 Å². The summed E-state index contributed by atoms with van der Waals surface area (Å²) in [4.78, 5) is 9.72. The number of rotatable bonds is 5. The average Bonchev–Trinajstić information content (AvgIpc) is 3.47. The lowest BCUT2D eigenvalue weighted by Crippen LogP contribution is -2.37. The van der Waals surface area contributed by atoms with Gasteiger partial charge in [-0.25, -0.2) is 9.97 Å². The van der Waals surface area contributed by atoms with Crippen LogP contribution in [0.4, 0.5) is 0 Å². The Morgan fingerprint density at radius 1 is 1.09 bits per heavy atom. The number of hydrogen-bond acceptors (Lipinski definition) is 6. The molecule has 0 aliphatic carbocycles. The lowest BCUT2D eigenvalue weighted by atomic mass is 9.88. The molecule has 0 bridgehead atoms. The third-order valence-corrected chi connectivity index (χ3v) is 6.13. The van der Waals surface area contributed by atoms with Gasteiger partial charge < -0.3 is 11.1 Å². The average molecular weight is 465 g/mol. The molecule has 1 aliphatic rings. The van der Waals surface area contributed by atoms with Crippen molar-refractivity contribution in [1.82, 2.24) is 34.8 Å². The molecular formula is C24H29ClN8. The van der Waals surface area contributed by atoms with E-state index >= 15 is 0 Å². The molecule has 172 valence electrons. The Morgan fingerprint density at radius 3 is 2.64 bits per heavy atom. The van der Waals surface area contributed by atoms with E-state index in [4.69, 9.17) is 15.7 Å². The van der Waals surface area contributed by atoms with Crippen LogP contribution < -0.4 is 11.1 Å². The van der Waals surface area contributed by atoms with Crippen molar-refractivity contribution in [2.45, 2.75) is 18.9 Å². The van der Waals surface area contributed by atoms with Crippen LogP contribution in [0, 0.1) is 5.92 Å². The molecule has 3 N–H and O–H groups in total. The van der Waals surface area contributed by atoms with Crippen LogP contribution in [0.2, 0.25) is 0 Å². The molecule has 8 nitrogen and oxygen atoms in total. The Balaban J connectivity index is 0.00000259. The highest BCUT2D eigenvalue weighted by Crippen LogP contribution is 2.33. The summed E-state index contributed by atoms with van der Waals surface area (Å²) in [6, 6.07) is 10.0. The molecule has 4 heterocycles. The van der Waals surface area contributed by atoms with Crippen molar-refractivity contribution in [2.24, 2.45) is 25.7 Å². The maximum Gasteiger partial charge on any atom is 0.159 e. The standard InChI is InChI=1S/C24H28N8.ClH/c1-31-10-8-21(30-31)20-14-27-24(29-23(20)22(25)18-7-4-9-26-12-18)17-6-3-5-16(11-17)19-13-28-32(2)15-19;/h3,5-6,8,10-11,13-15,18,22,26H,4,7,9,12,25H2,1-2H3;1H. The van der Waals surface area contributed by atoms with Gasteiger partial charge >= 0.3 is 0 Å². The highest BCUT2D eigenvalue weighted by atomic mass is 35.5. The third kappa shape index (κ3) is 4.83. The summed E-state index contributed by atoms with van der Waals surface area (Å²) in [7, 11) is 3.83. The Labute approximate surface area is 199 Å². The predicted molar refractivity (Wildman–Crippen MR) is 132 cm³/mol. The molecular weight excluding hydrogens is 436 g/mol. The summed E-state index contributed by atoms with van der Waals surface area (Å²) < 4.78 is 3.59. The molecule has 4 aromatic rings. The number of aromatic nitrogens is 6. The van der Waals surface area contributed by atoms with Crippen LogP contribution in [0.5, 0.6) is 0 Å². The second-order valence-corrected chi connectivity index (χ2v) is 8.48. The van der Waals surface area contributed by atoms with Crippen molar-refractivity contribution < 1.29 is 0 Å². The molecule has 1 aliphatic heterocycles. The van der Waals surface area contributed by atoms with Crippen molar-refractivity contribution in [3.63, 3.8) is 0 Å². The van der Waals surface area contributed by atoms with Gasteiger partial charge in [0, 0.05) is 49.4 Å². The zero-order valence-corrected chi connectivity index (χ0v) is 19.7. The summed E-state index contributed by atoms with van der Waals surface area (Å²) in [5, 5.41) is 12.3. The molecule has 0 spiro atoms. The number of nitrogens with zero attached hydrogens (tertiary/aromatic N) is 6. The Bertz CT molecular complexity index is 1220. The molecule has 9 heteroatoms. The fourth-order valence-corrected chi connectivity index (χ4v) is 4.36. The summed E-state index contributed by atoms with van der Waals surface area (Å²) in [5.41, 5.74) is 12.5. The van der Waals surface area contributed by atoms with E-state index in [0.717, 1.165) is 59.6 Å². The van der Waals surface area contributed by atoms with E-state index in [1.165, 1.54) is 0 Å². The zero-order chi connectivity index (χ0) is 22.1. The highest BCUT2D eigenvalue weighted by Gasteiger charge is 2.27. The van der Waals surface area contributed by atoms with E-state index in [-0.39, 0.29) is 18.4 Å². The van der Waals surface area contributed by atoms with Gasteiger partial charge in [-0.05, 0) is 49.5 Å². The van der Waals surface area contributed by atoms with E-state index < -0.39 is 0 Å². The minimum absolute atomic E-state index is 0. The molecule has 1 fully saturated rings. The number of aryl methyl sites for hydroxylation is 2. The first-order valence-electron chi connectivity index (χ1n) is 11.0. The van der Waals surface area contributed by atoms with Gasteiger partial charge in [0.2, 0.25) is 0 Å². The molecule has 2 atom stereocenters. The number of nitrogens with one attached hydrogen (secondary N) is 1. The van der Waals surface area contributed by atoms with Gasteiger partial charge in [0.05, 0.1) is 23.6 Å². The van der Waals surface area contributed by atoms with E-state index in [2.05, 4.69) is 27.6 Å². The van der Waals surface area contributed by atoms with Crippen LogP contribution in [0.1, 0.15) is 24.6 Å². The molecule has 0 saturated carbocycles. The minimum atomic E-state index is -0.192. The monoisotopic (exact) mass is 464 g/mol. The fourth-order valence-electron chi connectivity index (χ4n) is 4.36. The second-order valence-electron chi connectivity index (χ2n) is 8.48. The summed E-state index contributed by atoms with van der Waals surface area (Å²) in [5.74, 6) is 1.00. The van der Waals surface area contributed by atoms with Gasteiger partial charge in [-0.2, -0.15) is 10.2 Å². The molecule has 0 amide bonds. The van der Waals surface area contributed by atoms with Gasteiger partial charge in [0.15, 0.2) is 5.82 Å². The number of benzene rings is 1. The molecule has 0 radical (unpaired) electrons. The van der Waals surface area contributed by atoms with Gasteiger partial charge in [-0.1, -0.05) is 18.2 Å². The van der Waals surface area contributed by atoms with Crippen molar-refractivity contribution in [3.8, 4) is 33.8 Å². The van der Waals surface area contributed by atoms with Gasteiger partial charge in [0.25, 0.3) is 0 Å². The molecule has 1 saturated heterocycles. The van der Waals surface area contributed by atoms with Gasteiger partial charge in [-0.3, -0.25) is 9.36 Å². The van der Waals surface area contributed by atoms with Crippen LogP contribution in [0.25, 0.3) is 33.8 Å². The van der Waals surface area contributed by atoms with Crippen molar-refractivity contribution in [1.29, 1.82) is 0 Å². The van der Waals surface area contributed by atoms with E-state index in [1.807, 2.05) is 57.1 Å². The summed E-state index contributed by atoms with van der Waals surface area (Å²) >= 11 is 0. The van der Waals surface area contributed by atoms with E-state index in [1.54, 1.807) is 9.36 Å². The first kappa shape index (κ1) is 23.1. The number of piperidine rings is 1. The number of hydrogen-bond donors (Lipinski definition) is 2. The van der Waals surface area contributed by atoms with Crippen LogP contribution >= 0.6 is 12.4 Å². The Kier molecular flexibility index (Phi) is 6.88. The maximum atomic E-state index is 6.81. The van der Waals surface area contributed by atoms with Crippen molar-refractivity contribution in [3.05, 3.63) is 60.8 Å². The molecule has 1 aromatic carbocycles. The van der Waals surface area contributed by atoms with E-state index in [9.17, 15) is 0 Å². The predicted octanol–water partition coefficient (Wildman–Crippen LogP) is 3.37. The molecule has 2 unspecified atom stereocenters. The molecule has 3 aromatic heterocycles. The third-order valence-electron chi connectivity index (χ3n) is 6.13. The van der Waals surface area contributed by atoms with Crippen LogP contribution in [-0.4, -0.2) is 42.6 Å². The van der Waals surface area contributed by atoms with Crippen LogP contribution in [0.15, 0.2) is 55.1 Å². The van der Waals surface area contributed by atoms with Crippen molar-refractivity contribution >= 4 is 12.4 Å².